The monoisotopic (exact) mass is 677 g/mol. The van der Waals surface area contributed by atoms with Gasteiger partial charge in [0.1, 0.15) is 11.2 Å². The molecule has 0 atom stereocenters. The standard InChI is InChI=1S/C49H31N3O/c1-4-13-32(14-5-1)38-27-28-41-43(30-38)42(31-44-40-21-10-11-22-45(40)53-46(41)44)34-25-23-33(24-26-34)37-19-12-20-39(29-37)49-51-47(35-15-6-2-7-16-35)50-48(52-49)36-17-8-3-9-18-36/h1-31H. The lowest BCUT2D eigenvalue weighted by atomic mass is 9.92. The predicted molar refractivity (Wildman–Crippen MR) is 217 cm³/mol. The summed E-state index contributed by atoms with van der Waals surface area (Å²) < 4.78 is 6.48. The molecule has 0 aliphatic carbocycles. The first kappa shape index (κ1) is 30.6. The lowest BCUT2D eigenvalue weighted by Crippen LogP contribution is -2.00. The first-order valence-electron chi connectivity index (χ1n) is 17.8. The number of aromatic nitrogens is 3. The molecular weight excluding hydrogens is 647 g/mol. The van der Waals surface area contributed by atoms with E-state index in [1.807, 2.05) is 72.8 Å². The van der Waals surface area contributed by atoms with Gasteiger partial charge in [-0.05, 0) is 69.1 Å². The molecule has 2 aromatic heterocycles. The van der Waals surface area contributed by atoms with Crippen LogP contribution in [0.15, 0.2) is 192 Å². The van der Waals surface area contributed by atoms with Crippen molar-refractivity contribution in [3.8, 4) is 67.5 Å². The number of fused-ring (bicyclic) bond motifs is 5. The Morgan fingerprint density at radius 1 is 0.283 bits per heavy atom. The molecule has 0 aliphatic heterocycles. The SMILES string of the molecule is c1ccc(-c2ccc3c(c2)c(-c2ccc(-c4cccc(-c5nc(-c6ccccc6)nc(-c6ccccc6)n5)c4)cc2)cc2c4ccccc4oc32)cc1. The number of hydrogen-bond acceptors (Lipinski definition) is 4. The van der Waals surface area contributed by atoms with Crippen LogP contribution in [0.25, 0.3) is 100 Å². The highest BCUT2D eigenvalue weighted by Gasteiger charge is 2.17. The van der Waals surface area contributed by atoms with Crippen LogP contribution in [0, 0.1) is 0 Å². The van der Waals surface area contributed by atoms with E-state index in [0.29, 0.717) is 17.5 Å². The molecule has 0 fully saturated rings. The van der Waals surface area contributed by atoms with Crippen LogP contribution in [0.2, 0.25) is 0 Å². The quantitative estimate of drug-likeness (QED) is 0.176. The van der Waals surface area contributed by atoms with E-state index < -0.39 is 0 Å². The zero-order valence-corrected chi connectivity index (χ0v) is 28.6. The number of hydrogen-bond donors (Lipinski definition) is 0. The van der Waals surface area contributed by atoms with Gasteiger partial charge in [-0.1, -0.05) is 158 Å². The van der Waals surface area contributed by atoms with Crippen molar-refractivity contribution >= 4 is 32.7 Å². The Morgan fingerprint density at radius 3 is 1.45 bits per heavy atom. The van der Waals surface area contributed by atoms with Crippen LogP contribution >= 0.6 is 0 Å². The molecule has 0 unspecified atom stereocenters. The molecule has 0 aliphatic rings. The Balaban J connectivity index is 1.07. The number of benzene rings is 8. The summed E-state index contributed by atoms with van der Waals surface area (Å²) in [7, 11) is 0. The minimum absolute atomic E-state index is 0.637. The molecule has 10 aromatic rings. The lowest BCUT2D eigenvalue weighted by molar-refractivity contribution is 0.672. The third-order valence-electron chi connectivity index (χ3n) is 9.93. The van der Waals surface area contributed by atoms with Gasteiger partial charge in [0.05, 0.1) is 0 Å². The van der Waals surface area contributed by atoms with E-state index in [1.165, 1.54) is 16.7 Å². The maximum atomic E-state index is 6.48. The molecule has 248 valence electrons. The second-order valence-electron chi connectivity index (χ2n) is 13.2. The fraction of sp³-hybridized carbons (Fsp3) is 0. The summed E-state index contributed by atoms with van der Waals surface area (Å²) in [6, 6.07) is 65.3. The van der Waals surface area contributed by atoms with Gasteiger partial charge in [-0.25, -0.2) is 15.0 Å². The minimum atomic E-state index is 0.637. The summed E-state index contributed by atoms with van der Waals surface area (Å²) in [6.45, 7) is 0. The summed E-state index contributed by atoms with van der Waals surface area (Å²) in [5.41, 5.74) is 11.5. The molecule has 0 saturated carbocycles. The van der Waals surface area contributed by atoms with E-state index in [2.05, 4.69) is 115 Å². The Morgan fingerprint density at radius 2 is 0.774 bits per heavy atom. The molecular formula is C49H31N3O. The fourth-order valence-electron chi connectivity index (χ4n) is 7.26. The molecule has 0 radical (unpaired) electrons. The molecule has 4 heteroatoms. The van der Waals surface area contributed by atoms with Crippen LogP contribution < -0.4 is 0 Å². The topological polar surface area (TPSA) is 51.8 Å². The highest BCUT2D eigenvalue weighted by molar-refractivity contribution is 6.19. The highest BCUT2D eigenvalue weighted by atomic mass is 16.3. The van der Waals surface area contributed by atoms with Gasteiger partial charge >= 0.3 is 0 Å². The van der Waals surface area contributed by atoms with Gasteiger partial charge in [0.25, 0.3) is 0 Å². The zero-order valence-electron chi connectivity index (χ0n) is 28.6. The van der Waals surface area contributed by atoms with Gasteiger partial charge in [-0.2, -0.15) is 0 Å². The Labute approximate surface area is 306 Å². The van der Waals surface area contributed by atoms with Crippen molar-refractivity contribution in [2.75, 3.05) is 0 Å². The summed E-state index contributed by atoms with van der Waals surface area (Å²) in [6.07, 6.45) is 0. The zero-order chi connectivity index (χ0) is 35.1. The van der Waals surface area contributed by atoms with Crippen molar-refractivity contribution in [2.45, 2.75) is 0 Å². The number of furan rings is 1. The van der Waals surface area contributed by atoms with Crippen LogP contribution in [0.3, 0.4) is 0 Å². The molecule has 0 bridgehead atoms. The molecule has 8 aromatic carbocycles. The van der Waals surface area contributed by atoms with Crippen LogP contribution in [0.1, 0.15) is 0 Å². The predicted octanol–water partition coefficient (Wildman–Crippen LogP) is 12.9. The highest BCUT2D eigenvalue weighted by Crippen LogP contribution is 2.41. The molecule has 0 spiro atoms. The van der Waals surface area contributed by atoms with Crippen molar-refractivity contribution in [3.63, 3.8) is 0 Å². The normalized spacial score (nSPS) is 11.4. The third-order valence-corrected chi connectivity index (χ3v) is 9.93. The first-order chi connectivity index (χ1) is 26.2. The number of rotatable bonds is 6. The van der Waals surface area contributed by atoms with Gasteiger partial charge in [0, 0.05) is 32.8 Å². The van der Waals surface area contributed by atoms with Gasteiger partial charge in [-0.3, -0.25) is 0 Å². The van der Waals surface area contributed by atoms with Crippen molar-refractivity contribution < 1.29 is 4.42 Å². The second kappa shape index (κ2) is 12.9. The van der Waals surface area contributed by atoms with Crippen LogP contribution in [0.4, 0.5) is 0 Å². The average molecular weight is 678 g/mol. The van der Waals surface area contributed by atoms with Gasteiger partial charge in [0.15, 0.2) is 17.5 Å². The van der Waals surface area contributed by atoms with Crippen LogP contribution in [0.5, 0.6) is 0 Å². The smallest absolute Gasteiger partial charge is 0.164 e. The van der Waals surface area contributed by atoms with Crippen LogP contribution in [-0.4, -0.2) is 15.0 Å². The fourth-order valence-corrected chi connectivity index (χ4v) is 7.26. The van der Waals surface area contributed by atoms with Crippen LogP contribution in [-0.2, 0) is 0 Å². The largest absolute Gasteiger partial charge is 0.455 e. The maximum Gasteiger partial charge on any atom is 0.164 e. The summed E-state index contributed by atoms with van der Waals surface area (Å²) in [5.74, 6) is 1.93. The summed E-state index contributed by atoms with van der Waals surface area (Å²) >= 11 is 0. The molecule has 0 N–H and O–H groups in total. The van der Waals surface area contributed by atoms with Gasteiger partial charge < -0.3 is 4.42 Å². The van der Waals surface area contributed by atoms with Gasteiger partial charge in [0.2, 0.25) is 0 Å². The minimum Gasteiger partial charge on any atom is -0.455 e. The second-order valence-corrected chi connectivity index (χ2v) is 13.2. The maximum absolute atomic E-state index is 6.48. The molecule has 53 heavy (non-hydrogen) atoms. The van der Waals surface area contributed by atoms with Crippen molar-refractivity contribution in [3.05, 3.63) is 188 Å². The Hall–Kier alpha value is -7.17. The van der Waals surface area contributed by atoms with E-state index in [-0.39, 0.29) is 0 Å². The van der Waals surface area contributed by atoms with E-state index in [1.54, 1.807) is 0 Å². The van der Waals surface area contributed by atoms with Crippen molar-refractivity contribution in [1.29, 1.82) is 0 Å². The third kappa shape index (κ3) is 5.63. The lowest BCUT2D eigenvalue weighted by Gasteiger charge is -2.12. The molecule has 0 saturated heterocycles. The summed E-state index contributed by atoms with van der Waals surface area (Å²) in [5, 5.41) is 4.50. The average Bonchev–Trinajstić information content (AvgIpc) is 3.63. The first-order valence-corrected chi connectivity index (χ1v) is 17.8. The molecule has 0 amide bonds. The molecule has 10 rings (SSSR count). The van der Waals surface area contributed by atoms with Crippen molar-refractivity contribution in [2.24, 2.45) is 0 Å². The summed E-state index contributed by atoms with van der Waals surface area (Å²) in [4.78, 5) is 14.8. The molecule has 2 heterocycles. The van der Waals surface area contributed by atoms with Crippen molar-refractivity contribution in [1.82, 2.24) is 15.0 Å². The van der Waals surface area contributed by atoms with Gasteiger partial charge in [-0.15, -0.1) is 0 Å². The van der Waals surface area contributed by atoms with E-state index in [4.69, 9.17) is 19.4 Å². The van der Waals surface area contributed by atoms with E-state index >= 15 is 0 Å². The number of nitrogens with zero attached hydrogens (tertiary/aromatic N) is 3. The van der Waals surface area contributed by atoms with E-state index in [9.17, 15) is 0 Å². The van der Waals surface area contributed by atoms with E-state index in [0.717, 1.165) is 66.1 Å². The Bertz CT molecular complexity index is 2860. The Kier molecular flexibility index (Phi) is 7.43. The number of para-hydroxylation sites is 1. The molecule has 4 nitrogen and oxygen atoms in total.